The van der Waals surface area contributed by atoms with Gasteiger partial charge in [0, 0.05) is 6.54 Å². The van der Waals surface area contributed by atoms with Crippen LogP contribution in [0.2, 0.25) is 0 Å². The van der Waals surface area contributed by atoms with Gasteiger partial charge in [-0.05, 0) is 24.7 Å². The molecule has 0 aliphatic carbocycles. The predicted molar refractivity (Wildman–Crippen MR) is 66.1 cm³/mol. The molecule has 6 nitrogen and oxygen atoms in total. The number of anilines is 1. The van der Waals surface area contributed by atoms with Crippen molar-refractivity contribution < 1.29 is 14.3 Å². The molecule has 96 valence electrons. The quantitative estimate of drug-likeness (QED) is 0.782. The average Bonchev–Trinajstić information content (AvgIpc) is 2.27. The second-order valence-corrected chi connectivity index (χ2v) is 4.31. The minimum Gasteiger partial charge on any atom is -0.482 e. The van der Waals surface area contributed by atoms with Crippen LogP contribution >= 0.6 is 0 Å². The van der Waals surface area contributed by atoms with Gasteiger partial charge in [0.1, 0.15) is 5.75 Å². The van der Waals surface area contributed by atoms with Crippen LogP contribution in [-0.2, 0) is 16.1 Å². The zero-order valence-electron chi connectivity index (χ0n) is 10.1. The molecule has 18 heavy (non-hydrogen) atoms. The number of carbonyl (C=O) groups excluding carboxylic acids is 2. The van der Waals surface area contributed by atoms with E-state index in [2.05, 4.69) is 5.32 Å². The number of rotatable bonds is 4. The number of ether oxygens (including phenoxy) is 1. The van der Waals surface area contributed by atoms with Crippen LogP contribution in [0.1, 0.15) is 5.56 Å². The number of carbonyl (C=O) groups is 2. The molecular formula is C12H15N3O3. The number of benzene rings is 1. The molecular weight excluding hydrogens is 234 g/mol. The van der Waals surface area contributed by atoms with Gasteiger partial charge in [0.15, 0.2) is 6.61 Å². The molecule has 0 unspecified atom stereocenters. The summed E-state index contributed by atoms with van der Waals surface area (Å²) in [7, 11) is 1.80. The molecule has 1 heterocycles. The number of amides is 2. The van der Waals surface area contributed by atoms with Gasteiger partial charge in [0.25, 0.3) is 5.91 Å². The smallest absolute Gasteiger partial charge is 0.262 e. The third kappa shape index (κ3) is 2.98. The van der Waals surface area contributed by atoms with E-state index in [0.717, 1.165) is 5.56 Å². The van der Waals surface area contributed by atoms with Crippen LogP contribution in [0.5, 0.6) is 5.75 Å². The molecule has 1 aromatic rings. The van der Waals surface area contributed by atoms with Crippen molar-refractivity contribution in [2.24, 2.45) is 5.73 Å². The Morgan fingerprint density at radius 1 is 1.56 bits per heavy atom. The molecule has 0 radical (unpaired) electrons. The van der Waals surface area contributed by atoms with Crippen LogP contribution in [0.4, 0.5) is 5.69 Å². The zero-order chi connectivity index (χ0) is 13.1. The van der Waals surface area contributed by atoms with Gasteiger partial charge < -0.3 is 15.8 Å². The summed E-state index contributed by atoms with van der Waals surface area (Å²) in [6, 6.07) is 5.54. The summed E-state index contributed by atoms with van der Waals surface area (Å²) in [5.74, 6) is 0.133. The highest BCUT2D eigenvalue weighted by atomic mass is 16.5. The highest BCUT2D eigenvalue weighted by molar-refractivity contribution is 5.95. The van der Waals surface area contributed by atoms with Gasteiger partial charge in [-0.2, -0.15) is 0 Å². The first kappa shape index (κ1) is 12.4. The summed E-state index contributed by atoms with van der Waals surface area (Å²) in [5.41, 5.74) is 6.76. The van der Waals surface area contributed by atoms with E-state index in [-0.39, 0.29) is 25.0 Å². The lowest BCUT2D eigenvalue weighted by Crippen LogP contribution is -2.30. The topological polar surface area (TPSA) is 84.7 Å². The standard InChI is InChI=1S/C12H15N3O3/c1-15(6-11(13)16)5-8-2-3-10-9(4-8)14-12(17)7-18-10/h2-4H,5-7H2,1H3,(H2,13,16)(H,14,17). The maximum atomic E-state index is 11.2. The first-order valence-corrected chi connectivity index (χ1v) is 5.57. The van der Waals surface area contributed by atoms with E-state index in [9.17, 15) is 9.59 Å². The second-order valence-electron chi connectivity index (χ2n) is 4.31. The Morgan fingerprint density at radius 2 is 2.33 bits per heavy atom. The molecule has 2 rings (SSSR count). The average molecular weight is 249 g/mol. The molecule has 0 spiro atoms. The van der Waals surface area contributed by atoms with Crippen molar-refractivity contribution in [1.29, 1.82) is 0 Å². The Hall–Kier alpha value is -2.08. The maximum Gasteiger partial charge on any atom is 0.262 e. The fourth-order valence-electron chi connectivity index (χ4n) is 1.86. The summed E-state index contributed by atoms with van der Waals surface area (Å²) in [5, 5.41) is 2.74. The van der Waals surface area contributed by atoms with Crippen LogP contribution in [0.25, 0.3) is 0 Å². The summed E-state index contributed by atoms with van der Waals surface area (Å²) >= 11 is 0. The van der Waals surface area contributed by atoms with Crippen LogP contribution < -0.4 is 15.8 Å². The van der Waals surface area contributed by atoms with Crippen molar-refractivity contribution in [3.63, 3.8) is 0 Å². The van der Waals surface area contributed by atoms with Crippen molar-refractivity contribution in [3.05, 3.63) is 23.8 Å². The van der Waals surface area contributed by atoms with E-state index in [1.165, 1.54) is 0 Å². The molecule has 1 aliphatic rings. The number of nitrogens with two attached hydrogens (primary N) is 1. The van der Waals surface area contributed by atoms with Crippen LogP contribution in [0.3, 0.4) is 0 Å². The Labute approximate surface area is 105 Å². The number of fused-ring (bicyclic) bond motifs is 1. The minimum atomic E-state index is -0.368. The maximum absolute atomic E-state index is 11.2. The molecule has 0 bridgehead atoms. The number of hydrogen-bond acceptors (Lipinski definition) is 4. The highest BCUT2D eigenvalue weighted by Gasteiger charge is 2.16. The van der Waals surface area contributed by atoms with E-state index >= 15 is 0 Å². The SMILES string of the molecule is CN(CC(N)=O)Cc1ccc2c(c1)NC(=O)CO2. The van der Waals surface area contributed by atoms with Crippen molar-refractivity contribution in [2.75, 3.05) is 25.5 Å². The second kappa shape index (κ2) is 5.05. The minimum absolute atomic E-state index is 0.0495. The molecule has 2 amide bonds. The number of likely N-dealkylation sites (N-methyl/N-ethyl adjacent to an activating group) is 1. The largest absolute Gasteiger partial charge is 0.482 e. The number of nitrogens with one attached hydrogen (secondary N) is 1. The normalized spacial score (nSPS) is 13.8. The fourth-order valence-corrected chi connectivity index (χ4v) is 1.86. The van der Waals surface area contributed by atoms with Gasteiger partial charge in [0.05, 0.1) is 12.2 Å². The lowest BCUT2D eigenvalue weighted by Gasteiger charge is -2.20. The Kier molecular flexibility index (Phi) is 3.47. The van der Waals surface area contributed by atoms with Gasteiger partial charge in [-0.15, -0.1) is 0 Å². The molecule has 1 aliphatic heterocycles. The lowest BCUT2D eigenvalue weighted by atomic mass is 10.1. The van der Waals surface area contributed by atoms with E-state index in [1.54, 1.807) is 11.9 Å². The van der Waals surface area contributed by atoms with E-state index in [4.69, 9.17) is 10.5 Å². The van der Waals surface area contributed by atoms with Crippen molar-refractivity contribution in [3.8, 4) is 5.75 Å². The number of nitrogens with zero attached hydrogens (tertiary/aromatic N) is 1. The van der Waals surface area contributed by atoms with Gasteiger partial charge in [-0.25, -0.2) is 0 Å². The van der Waals surface area contributed by atoms with Gasteiger partial charge >= 0.3 is 0 Å². The number of primary amides is 1. The van der Waals surface area contributed by atoms with E-state index in [0.29, 0.717) is 18.0 Å². The first-order valence-electron chi connectivity index (χ1n) is 5.57. The van der Waals surface area contributed by atoms with E-state index < -0.39 is 0 Å². The number of hydrogen-bond donors (Lipinski definition) is 2. The van der Waals surface area contributed by atoms with Crippen molar-refractivity contribution in [1.82, 2.24) is 4.90 Å². The van der Waals surface area contributed by atoms with Crippen LogP contribution in [-0.4, -0.2) is 36.9 Å². The van der Waals surface area contributed by atoms with Gasteiger partial charge in [0.2, 0.25) is 5.91 Å². The lowest BCUT2D eigenvalue weighted by molar-refractivity contribution is -0.119. The molecule has 0 saturated carbocycles. The molecule has 0 aromatic heterocycles. The van der Waals surface area contributed by atoms with Crippen LogP contribution in [0.15, 0.2) is 18.2 Å². The van der Waals surface area contributed by atoms with Crippen molar-refractivity contribution >= 4 is 17.5 Å². The molecule has 0 saturated heterocycles. The summed E-state index contributed by atoms with van der Waals surface area (Å²) < 4.78 is 5.26. The third-order valence-electron chi connectivity index (χ3n) is 2.56. The highest BCUT2D eigenvalue weighted by Crippen LogP contribution is 2.28. The van der Waals surface area contributed by atoms with E-state index in [1.807, 2.05) is 18.2 Å². The van der Waals surface area contributed by atoms with Crippen LogP contribution in [0, 0.1) is 0 Å². The summed E-state index contributed by atoms with van der Waals surface area (Å²) in [6.45, 7) is 0.819. The molecule has 0 atom stereocenters. The fraction of sp³-hybridized carbons (Fsp3) is 0.333. The van der Waals surface area contributed by atoms with Crippen molar-refractivity contribution in [2.45, 2.75) is 6.54 Å². The molecule has 3 N–H and O–H groups in total. The molecule has 1 aromatic carbocycles. The monoisotopic (exact) mass is 249 g/mol. The third-order valence-corrected chi connectivity index (χ3v) is 2.56. The Morgan fingerprint density at radius 3 is 3.06 bits per heavy atom. The summed E-state index contributed by atoms with van der Waals surface area (Å²) in [6.07, 6.45) is 0. The predicted octanol–water partition coefficient (Wildman–Crippen LogP) is -0.0654. The Balaban J connectivity index is 2.08. The Bertz CT molecular complexity index is 487. The molecule has 0 fully saturated rings. The first-order chi connectivity index (χ1) is 8.54. The zero-order valence-corrected chi connectivity index (χ0v) is 10.1. The van der Waals surface area contributed by atoms with Gasteiger partial charge in [-0.1, -0.05) is 6.07 Å². The summed E-state index contributed by atoms with van der Waals surface area (Å²) in [4.78, 5) is 23.8. The molecule has 6 heteroatoms. The van der Waals surface area contributed by atoms with Gasteiger partial charge in [-0.3, -0.25) is 14.5 Å².